The highest BCUT2D eigenvalue weighted by Gasteiger charge is 2.45. The molecule has 0 aliphatic carbocycles. The second-order valence-electron chi connectivity index (χ2n) is 7.77. The molecule has 2 aliphatic rings. The van der Waals surface area contributed by atoms with Crippen LogP contribution in [-0.2, 0) is 14.3 Å². The van der Waals surface area contributed by atoms with Crippen LogP contribution >= 0.6 is 0 Å². The van der Waals surface area contributed by atoms with E-state index < -0.39 is 11.8 Å². The second kappa shape index (κ2) is 7.09. The molecule has 3 heterocycles. The number of fused-ring (bicyclic) bond motifs is 1. The molecule has 2 fully saturated rings. The molecule has 154 valence electrons. The molecule has 0 saturated carbocycles. The molecule has 0 radical (unpaired) electrons. The van der Waals surface area contributed by atoms with Crippen molar-refractivity contribution < 1.29 is 28.2 Å². The number of amides is 1. The van der Waals surface area contributed by atoms with E-state index in [1.165, 1.54) is 0 Å². The topological polar surface area (TPSA) is 95.3 Å². The number of benzene rings is 1. The number of hydrogen-bond acceptors (Lipinski definition) is 7. The summed E-state index contributed by atoms with van der Waals surface area (Å²) in [5.41, 5.74) is 1.64. The lowest BCUT2D eigenvalue weighted by Crippen LogP contribution is -2.49. The fraction of sp³-hybridized carbons (Fsp3) is 0.476. The number of nitrogens with zero attached hydrogens (tertiary/aromatic N) is 1. The van der Waals surface area contributed by atoms with Gasteiger partial charge in [0.05, 0.1) is 5.39 Å². The summed E-state index contributed by atoms with van der Waals surface area (Å²) < 4.78 is 21.4. The van der Waals surface area contributed by atoms with E-state index in [4.69, 9.17) is 18.6 Å². The van der Waals surface area contributed by atoms with Gasteiger partial charge in [-0.3, -0.25) is 4.79 Å². The first kappa shape index (κ1) is 19.3. The second-order valence-corrected chi connectivity index (χ2v) is 7.77. The molecule has 8 nitrogen and oxygen atoms in total. The zero-order chi connectivity index (χ0) is 20.8. The first-order valence-electron chi connectivity index (χ1n) is 9.59. The van der Waals surface area contributed by atoms with Crippen molar-refractivity contribution in [1.29, 1.82) is 0 Å². The Labute approximate surface area is 167 Å². The maximum absolute atomic E-state index is 12.7. The van der Waals surface area contributed by atoms with Gasteiger partial charge in [0.25, 0.3) is 5.91 Å². The van der Waals surface area contributed by atoms with Crippen molar-refractivity contribution in [3.05, 3.63) is 39.2 Å². The van der Waals surface area contributed by atoms with Gasteiger partial charge in [-0.25, -0.2) is 9.59 Å². The van der Waals surface area contributed by atoms with Crippen LogP contribution in [0.5, 0.6) is 5.75 Å². The summed E-state index contributed by atoms with van der Waals surface area (Å²) in [6.07, 6.45) is 0.444. The summed E-state index contributed by atoms with van der Waals surface area (Å²) in [6, 6.07) is 3.62. The average molecular weight is 401 g/mol. The highest BCUT2D eigenvalue weighted by Crippen LogP contribution is 2.33. The van der Waals surface area contributed by atoms with Crippen LogP contribution in [0.1, 0.15) is 29.5 Å². The third kappa shape index (κ3) is 3.54. The molecule has 29 heavy (non-hydrogen) atoms. The van der Waals surface area contributed by atoms with E-state index in [1.807, 2.05) is 19.9 Å². The van der Waals surface area contributed by atoms with Gasteiger partial charge >= 0.3 is 11.8 Å². The standard InChI is InChI=1S/C21H23NO7/c1-12-8-15(18-13(2)14(3)19(24)28-16(18)9-12)26-10-17(23)22-6-4-21(5-7-22)11-27-20(25)29-21/h8-9H,4-7,10-11H2,1-3H3. The zero-order valence-corrected chi connectivity index (χ0v) is 16.7. The number of carbonyl (C=O) groups is 2. The SMILES string of the molecule is Cc1cc(OCC(=O)N2CCC3(CC2)COC(=O)O3)c2c(C)c(C)c(=O)oc2c1. The Kier molecular flexibility index (Phi) is 4.72. The average Bonchev–Trinajstić information content (AvgIpc) is 3.04. The van der Waals surface area contributed by atoms with E-state index >= 15 is 0 Å². The Hall–Kier alpha value is -3.03. The number of cyclic esters (lactones) is 1. The van der Waals surface area contributed by atoms with Crippen molar-refractivity contribution in [1.82, 2.24) is 4.90 Å². The fourth-order valence-electron chi connectivity index (χ4n) is 3.87. The van der Waals surface area contributed by atoms with Crippen molar-refractivity contribution in [2.75, 3.05) is 26.3 Å². The molecule has 1 aromatic heterocycles. The number of likely N-dealkylation sites (tertiary alicyclic amines) is 1. The smallest absolute Gasteiger partial charge is 0.483 e. The van der Waals surface area contributed by atoms with E-state index in [0.29, 0.717) is 48.2 Å². The molecule has 8 heteroatoms. The molecule has 0 bridgehead atoms. The largest absolute Gasteiger partial charge is 0.509 e. The summed E-state index contributed by atoms with van der Waals surface area (Å²) in [5.74, 6) is 0.371. The minimum Gasteiger partial charge on any atom is -0.483 e. The predicted octanol–water partition coefficient (Wildman–Crippen LogP) is 2.63. The van der Waals surface area contributed by atoms with Crippen LogP contribution in [0.25, 0.3) is 11.0 Å². The van der Waals surface area contributed by atoms with Crippen molar-refractivity contribution >= 4 is 23.0 Å². The van der Waals surface area contributed by atoms with Crippen LogP contribution in [0.2, 0.25) is 0 Å². The highest BCUT2D eigenvalue weighted by molar-refractivity contribution is 5.88. The maximum atomic E-state index is 12.7. The summed E-state index contributed by atoms with van der Waals surface area (Å²) in [6.45, 7) is 6.48. The van der Waals surface area contributed by atoms with Gasteiger partial charge in [0.2, 0.25) is 0 Å². The third-order valence-electron chi connectivity index (χ3n) is 5.79. The van der Waals surface area contributed by atoms with Gasteiger partial charge in [-0.05, 0) is 44.0 Å². The van der Waals surface area contributed by atoms with Crippen LogP contribution in [0.3, 0.4) is 0 Å². The van der Waals surface area contributed by atoms with Crippen LogP contribution < -0.4 is 10.4 Å². The molecule has 2 saturated heterocycles. The first-order valence-corrected chi connectivity index (χ1v) is 9.59. The normalized spacial score (nSPS) is 18.0. The molecule has 0 atom stereocenters. The highest BCUT2D eigenvalue weighted by atomic mass is 16.8. The minimum atomic E-state index is -0.642. The Balaban J connectivity index is 1.47. The van der Waals surface area contributed by atoms with E-state index in [2.05, 4.69) is 0 Å². The fourth-order valence-corrected chi connectivity index (χ4v) is 3.87. The molecular weight excluding hydrogens is 378 g/mol. The molecule has 0 N–H and O–H groups in total. The Bertz CT molecular complexity index is 1050. The number of hydrogen-bond donors (Lipinski definition) is 0. The number of piperidine rings is 1. The van der Waals surface area contributed by atoms with Crippen molar-refractivity contribution in [3.8, 4) is 5.75 Å². The number of carbonyl (C=O) groups excluding carboxylic acids is 2. The summed E-state index contributed by atoms with van der Waals surface area (Å²) in [7, 11) is 0. The molecule has 1 amide bonds. The Morgan fingerprint density at radius 2 is 1.86 bits per heavy atom. The molecule has 2 aliphatic heterocycles. The maximum Gasteiger partial charge on any atom is 0.509 e. The quantitative estimate of drug-likeness (QED) is 0.576. The lowest BCUT2D eigenvalue weighted by molar-refractivity contribution is -0.136. The van der Waals surface area contributed by atoms with Crippen LogP contribution in [0, 0.1) is 20.8 Å². The van der Waals surface area contributed by atoms with Crippen molar-refractivity contribution in [2.24, 2.45) is 0 Å². The third-order valence-corrected chi connectivity index (χ3v) is 5.79. The Morgan fingerprint density at radius 1 is 1.14 bits per heavy atom. The van der Waals surface area contributed by atoms with Crippen LogP contribution in [-0.4, -0.2) is 48.9 Å². The van der Waals surface area contributed by atoms with Gasteiger partial charge in [0.15, 0.2) is 12.2 Å². The number of ether oxygens (including phenoxy) is 3. The molecule has 1 spiro atoms. The molecule has 1 aromatic carbocycles. The predicted molar refractivity (Wildman–Crippen MR) is 103 cm³/mol. The Morgan fingerprint density at radius 3 is 2.52 bits per heavy atom. The van der Waals surface area contributed by atoms with E-state index in [9.17, 15) is 14.4 Å². The lowest BCUT2D eigenvalue weighted by atomic mass is 9.92. The molecule has 2 aromatic rings. The van der Waals surface area contributed by atoms with Gasteiger partial charge in [-0.2, -0.15) is 0 Å². The zero-order valence-electron chi connectivity index (χ0n) is 16.7. The monoisotopic (exact) mass is 401 g/mol. The summed E-state index contributed by atoms with van der Waals surface area (Å²) in [4.78, 5) is 37.6. The van der Waals surface area contributed by atoms with Crippen LogP contribution in [0.15, 0.2) is 21.3 Å². The summed E-state index contributed by atoms with van der Waals surface area (Å²) >= 11 is 0. The molecule has 4 rings (SSSR count). The van der Waals surface area contributed by atoms with Crippen LogP contribution in [0.4, 0.5) is 4.79 Å². The van der Waals surface area contributed by atoms with E-state index in [0.717, 1.165) is 11.1 Å². The van der Waals surface area contributed by atoms with Crippen molar-refractivity contribution in [3.63, 3.8) is 0 Å². The van der Waals surface area contributed by atoms with Gasteiger partial charge in [-0.15, -0.1) is 0 Å². The summed E-state index contributed by atoms with van der Waals surface area (Å²) in [5, 5.41) is 0.702. The van der Waals surface area contributed by atoms with E-state index in [1.54, 1.807) is 17.9 Å². The van der Waals surface area contributed by atoms with Crippen molar-refractivity contribution in [2.45, 2.75) is 39.2 Å². The number of rotatable bonds is 3. The molecule has 0 unspecified atom stereocenters. The first-order chi connectivity index (χ1) is 13.8. The van der Waals surface area contributed by atoms with Gasteiger partial charge in [0, 0.05) is 31.5 Å². The van der Waals surface area contributed by atoms with Gasteiger partial charge in [0.1, 0.15) is 17.9 Å². The minimum absolute atomic E-state index is 0.126. The number of aryl methyl sites for hydroxylation is 2. The van der Waals surface area contributed by atoms with E-state index in [-0.39, 0.29) is 24.7 Å². The lowest BCUT2D eigenvalue weighted by Gasteiger charge is -2.36. The molecular formula is C21H23NO7. The van der Waals surface area contributed by atoms with Gasteiger partial charge < -0.3 is 23.5 Å². The van der Waals surface area contributed by atoms with Gasteiger partial charge in [-0.1, -0.05) is 0 Å².